The van der Waals surface area contributed by atoms with Crippen molar-refractivity contribution in [3.63, 3.8) is 0 Å². The molecule has 0 unspecified atom stereocenters. The first-order valence-electron chi connectivity index (χ1n) is 9.16. The molecule has 0 aromatic carbocycles. The van der Waals surface area contributed by atoms with E-state index in [9.17, 15) is 0 Å². The maximum absolute atomic E-state index is 5.44. The number of hydrogen-bond acceptors (Lipinski definition) is 9. The van der Waals surface area contributed by atoms with Crippen LogP contribution in [0.15, 0.2) is 26.3 Å². The lowest BCUT2D eigenvalue weighted by Crippen LogP contribution is -2.38. The summed E-state index contributed by atoms with van der Waals surface area (Å²) in [7, 11) is 0. The first-order chi connectivity index (χ1) is 13.3. The van der Waals surface area contributed by atoms with Crippen molar-refractivity contribution in [2.24, 2.45) is 5.10 Å². The zero-order valence-corrected chi connectivity index (χ0v) is 16.6. The van der Waals surface area contributed by atoms with Crippen LogP contribution in [0.2, 0.25) is 0 Å². The number of aromatic nitrogens is 3. The molecule has 0 saturated carbocycles. The first kappa shape index (κ1) is 18.2. The fraction of sp³-hybridized carbons (Fsp3) is 0.529. The molecule has 0 spiro atoms. The quantitative estimate of drug-likeness (QED) is 0.565. The number of halogens is 1. The standard InChI is InChI=1S/C17H22BrN7O2/c18-14-5-4-13(27-14)12-19-23-15-20-16(24-6-2-1-3-7-24)22-17(21-15)25-8-10-26-11-9-25/h4-5,12H,1-3,6-11H2,(H,20,21,22,23)/b19-12-. The lowest BCUT2D eigenvalue weighted by molar-refractivity contribution is 0.122. The Morgan fingerprint density at radius 1 is 0.963 bits per heavy atom. The van der Waals surface area contributed by atoms with Crippen LogP contribution in [0.5, 0.6) is 0 Å². The molecule has 2 saturated heterocycles. The molecule has 0 amide bonds. The van der Waals surface area contributed by atoms with Gasteiger partial charge in [0.15, 0.2) is 4.67 Å². The Morgan fingerprint density at radius 2 is 1.67 bits per heavy atom. The minimum atomic E-state index is 0.425. The van der Waals surface area contributed by atoms with Gasteiger partial charge in [-0.25, -0.2) is 5.43 Å². The number of anilines is 3. The number of nitrogens with zero attached hydrogens (tertiary/aromatic N) is 6. The molecule has 2 aromatic rings. The van der Waals surface area contributed by atoms with Gasteiger partial charge in [-0.1, -0.05) is 0 Å². The second kappa shape index (κ2) is 8.66. The number of rotatable bonds is 5. The van der Waals surface area contributed by atoms with Crippen LogP contribution in [-0.4, -0.2) is 60.6 Å². The highest BCUT2D eigenvalue weighted by Gasteiger charge is 2.20. The normalized spacial score (nSPS) is 18.3. The van der Waals surface area contributed by atoms with Gasteiger partial charge < -0.3 is 19.0 Å². The number of piperidine rings is 1. The molecule has 2 aromatic heterocycles. The lowest BCUT2D eigenvalue weighted by atomic mass is 10.1. The number of hydrazone groups is 1. The number of hydrogen-bond donors (Lipinski definition) is 1. The highest BCUT2D eigenvalue weighted by molar-refractivity contribution is 9.10. The van der Waals surface area contributed by atoms with Crippen molar-refractivity contribution in [1.82, 2.24) is 15.0 Å². The molecular weight excluding hydrogens is 414 g/mol. The van der Waals surface area contributed by atoms with Crippen LogP contribution in [0.1, 0.15) is 25.0 Å². The van der Waals surface area contributed by atoms with Crippen LogP contribution in [-0.2, 0) is 4.74 Å². The first-order valence-corrected chi connectivity index (χ1v) is 9.95. The SMILES string of the molecule is Brc1ccc(/C=N\Nc2nc(N3CCCCC3)nc(N3CCOCC3)n2)o1. The number of morpholine rings is 1. The van der Waals surface area contributed by atoms with E-state index in [0.717, 1.165) is 39.0 Å². The van der Waals surface area contributed by atoms with Crippen molar-refractivity contribution < 1.29 is 9.15 Å². The number of nitrogens with one attached hydrogen (secondary N) is 1. The Balaban J connectivity index is 1.55. The van der Waals surface area contributed by atoms with E-state index in [0.29, 0.717) is 41.5 Å². The predicted octanol–water partition coefficient (Wildman–Crippen LogP) is 2.50. The van der Waals surface area contributed by atoms with Gasteiger partial charge in [0.1, 0.15) is 5.76 Å². The van der Waals surface area contributed by atoms with E-state index in [4.69, 9.17) is 14.1 Å². The van der Waals surface area contributed by atoms with Gasteiger partial charge in [0, 0.05) is 26.2 Å². The van der Waals surface area contributed by atoms with E-state index < -0.39 is 0 Å². The van der Waals surface area contributed by atoms with E-state index in [1.54, 1.807) is 6.21 Å². The highest BCUT2D eigenvalue weighted by Crippen LogP contribution is 2.21. The minimum absolute atomic E-state index is 0.425. The van der Waals surface area contributed by atoms with Gasteiger partial charge in [-0.05, 0) is 47.3 Å². The molecule has 9 nitrogen and oxygen atoms in total. The van der Waals surface area contributed by atoms with Crippen molar-refractivity contribution in [3.05, 3.63) is 22.6 Å². The van der Waals surface area contributed by atoms with Crippen molar-refractivity contribution in [1.29, 1.82) is 0 Å². The molecule has 2 aliphatic heterocycles. The molecule has 0 atom stereocenters. The van der Waals surface area contributed by atoms with E-state index in [1.165, 1.54) is 6.42 Å². The fourth-order valence-electron chi connectivity index (χ4n) is 3.10. The second-order valence-corrected chi connectivity index (χ2v) is 7.20. The van der Waals surface area contributed by atoms with Crippen molar-refractivity contribution in [3.8, 4) is 0 Å². The van der Waals surface area contributed by atoms with Gasteiger partial charge in [-0.15, -0.1) is 0 Å². The highest BCUT2D eigenvalue weighted by atomic mass is 79.9. The third kappa shape index (κ3) is 4.75. The smallest absolute Gasteiger partial charge is 0.250 e. The monoisotopic (exact) mass is 435 g/mol. The van der Waals surface area contributed by atoms with Crippen molar-refractivity contribution in [2.75, 3.05) is 54.6 Å². The summed E-state index contributed by atoms with van der Waals surface area (Å²) in [5.74, 6) is 2.42. The Kier molecular flexibility index (Phi) is 5.83. The average molecular weight is 436 g/mol. The van der Waals surface area contributed by atoms with E-state index >= 15 is 0 Å². The Morgan fingerprint density at radius 3 is 2.33 bits per heavy atom. The van der Waals surface area contributed by atoms with Crippen LogP contribution in [0, 0.1) is 0 Å². The summed E-state index contributed by atoms with van der Waals surface area (Å²) in [6.45, 7) is 4.84. The molecule has 27 heavy (non-hydrogen) atoms. The summed E-state index contributed by atoms with van der Waals surface area (Å²) < 4.78 is 11.5. The van der Waals surface area contributed by atoms with Gasteiger partial charge in [-0.3, -0.25) is 0 Å². The van der Waals surface area contributed by atoms with Crippen LogP contribution in [0.25, 0.3) is 0 Å². The minimum Gasteiger partial charge on any atom is -0.448 e. The maximum atomic E-state index is 5.44. The zero-order chi connectivity index (χ0) is 18.5. The van der Waals surface area contributed by atoms with Crippen LogP contribution < -0.4 is 15.2 Å². The zero-order valence-electron chi connectivity index (χ0n) is 15.0. The van der Waals surface area contributed by atoms with E-state index in [-0.39, 0.29) is 0 Å². The molecule has 4 rings (SSSR count). The van der Waals surface area contributed by atoms with Gasteiger partial charge in [0.25, 0.3) is 0 Å². The third-order valence-corrected chi connectivity index (χ3v) is 4.92. The van der Waals surface area contributed by atoms with E-state index in [2.05, 4.69) is 46.2 Å². The predicted molar refractivity (Wildman–Crippen MR) is 107 cm³/mol. The van der Waals surface area contributed by atoms with Gasteiger partial charge in [0.05, 0.1) is 19.4 Å². The molecule has 0 bridgehead atoms. The summed E-state index contributed by atoms with van der Waals surface area (Å²) in [5.41, 5.74) is 2.91. The lowest BCUT2D eigenvalue weighted by Gasteiger charge is -2.30. The number of ether oxygens (including phenoxy) is 1. The molecule has 10 heteroatoms. The van der Waals surface area contributed by atoms with Crippen molar-refractivity contribution >= 4 is 40.0 Å². The fourth-order valence-corrected chi connectivity index (χ4v) is 3.41. The van der Waals surface area contributed by atoms with Gasteiger partial charge >= 0.3 is 0 Å². The molecule has 144 valence electrons. The maximum Gasteiger partial charge on any atom is 0.250 e. The average Bonchev–Trinajstić information content (AvgIpc) is 3.14. The second-order valence-electron chi connectivity index (χ2n) is 6.42. The summed E-state index contributed by atoms with van der Waals surface area (Å²) in [5, 5.41) is 4.19. The molecular formula is C17H22BrN7O2. The Bertz CT molecular complexity index is 749. The van der Waals surface area contributed by atoms with Gasteiger partial charge in [-0.2, -0.15) is 20.1 Å². The summed E-state index contributed by atoms with van der Waals surface area (Å²) >= 11 is 3.27. The molecule has 0 aliphatic carbocycles. The van der Waals surface area contributed by atoms with Crippen LogP contribution in [0.4, 0.5) is 17.8 Å². The molecule has 1 N–H and O–H groups in total. The third-order valence-electron chi connectivity index (χ3n) is 4.49. The van der Waals surface area contributed by atoms with E-state index in [1.807, 2.05) is 12.1 Å². The molecule has 0 radical (unpaired) electrons. The van der Waals surface area contributed by atoms with Crippen molar-refractivity contribution in [2.45, 2.75) is 19.3 Å². The molecule has 2 fully saturated rings. The van der Waals surface area contributed by atoms with Crippen LogP contribution in [0.3, 0.4) is 0 Å². The Labute approximate surface area is 165 Å². The van der Waals surface area contributed by atoms with Crippen LogP contribution >= 0.6 is 15.9 Å². The summed E-state index contributed by atoms with van der Waals surface area (Å²) in [6, 6.07) is 3.64. The molecule has 2 aliphatic rings. The van der Waals surface area contributed by atoms with Gasteiger partial charge in [0.2, 0.25) is 17.8 Å². The largest absolute Gasteiger partial charge is 0.448 e. The summed E-state index contributed by atoms with van der Waals surface area (Å²) in [6.07, 6.45) is 5.16. The molecule has 4 heterocycles. The Hall–Kier alpha value is -2.20. The summed E-state index contributed by atoms with van der Waals surface area (Å²) in [4.78, 5) is 18.2. The topological polar surface area (TPSA) is 91.9 Å². The number of furan rings is 1.